The van der Waals surface area contributed by atoms with E-state index in [-0.39, 0.29) is 18.3 Å². The molecule has 1 amide bonds. The van der Waals surface area contributed by atoms with Gasteiger partial charge in [0.1, 0.15) is 13.2 Å². The Kier molecular flexibility index (Phi) is 7.53. The molecular formula is C17H25ClN2O4S. The first kappa shape index (κ1) is 20.0. The highest BCUT2D eigenvalue weighted by atomic mass is 35.5. The van der Waals surface area contributed by atoms with Crippen LogP contribution in [0.1, 0.15) is 19.3 Å². The summed E-state index contributed by atoms with van der Waals surface area (Å²) in [6.07, 6.45) is 2.25. The fourth-order valence-corrected chi connectivity index (χ4v) is 4.09. The van der Waals surface area contributed by atoms with Gasteiger partial charge >= 0.3 is 0 Å². The van der Waals surface area contributed by atoms with Crippen molar-refractivity contribution in [1.29, 1.82) is 0 Å². The summed E-state index contributed by atoms with van der Waals surface area (Å²) in [6, 6.07) is 5.61. The van der Waals surface area contributed by atoms with Gasteiger partial charge in [0.25, 0.3) is 0 Å². The second-order valence-corrected chi connectivity index (χ2v) is 7.66. The van der Waals surface area contributed by atoms with Crippen molar-refractivity contribution in [2.24, 2.45) is 0 Å². The summed E-state index contributed by atoms with van der Waals surface area (Å²) in [5.41, 5.74) is 0. The van der Waals surface area contributed by atoms with Crippen LogP contribution < -0.4 is 14.8 Å². The van der Waals surface area contributed by atoms with Crippen LogP contribution in [0.2, 0.25) is 0 Å². The number of rotatable bonds is 5. The molecule has 1 saturated heterocycles. The number of hydrogen-bond donors (Lipinski definition) is 1. The average molecular weight is 389 g/mol. The zero-order valence-electron chi connectivity index (χ0n) is 14.4. The van der Waals surface area contributed by atoms with Gasteiger partial charge in [-0.05, 0) is 38.1 Å². The summed E-state index contributed by atoms with van der Waals surface area (Å²) >= 11 is 0. The van der Waals surface area contributed by atoms with Gasteiger partial charge in [0, 0.05) is 36.2 Å². The molecule has 1 fully saturated rings. The number of benzene rings is 1. The van der Waals surface area contributed by atoms with Gasteiger partial charge in [0.05, 0.1) is 10.8 Å². The van der Waals surface area contributed by atoms with Gasteiger partial charge < -0.3 is 19.7 Å². The molecule has 1 N–H and O–H groups in total. The molecular weight excluding hydrogens is 364 g/mol. The maximum Gasteiger partial charge on any atom is 0.223 e. The predicted molar refractivity (Wildman–Crippen MR) is 99.2 cm³/mol. The molecule has 0 aliphatic carbocycles. The van der Waals surface area contributed by atoms with Crippen molar-refractivity contribution in [3.8, 4) is 11.5 Å². The lowest BCUT2D eigenvalue weighted by molar-refractivity contribution is -0.131. The number of fused-ring (bicyclic) bond motifs is 1. The van der Waals surface area contributed by atoms with Gasteiger partial charge in [-0.15, -0.1) is 12.4 Å². The van der Waals surface area contributed by atoms with E-state index in [1.165, 1.54) is 0 Å². The Balaban J connectivity index is 0.00000225. The Morgan fingerprint density at radius 3 is 2.64 bits per heavy atom. The van der Waals surface area contributed by atoms with E-state index in [2.05, 4.69) is 5.32 Å². The van der Waals surface area contributed by atoms with Crippen molar-refractivity contribution in [3.05, 3.63) is 18.2 Å². The lowest BCUT2D eigenvalue weighted by Crippen LogP contribution is -2.44. The highest BCUT2D eigenvalue weighted by molar-refractivity contribution is 7.85. The summed E-state index contributed by atoms with van der Waals surface area (Å²) in [5.74, 6) is 1.70. The Morgan fingerprint density at radius 1 is 1.24 bits per heavy atom. The molecule has 0 radical (unpaired) electrons. The molecule has 2 aliphatic rings. The highest BCUT2D eigenvalue weighted by Gasteiger charge is 2.22. The molecule has 8 heteroatoms. The number of ether oxygens (including phenoxy) is 2. The molecule has 0 saturated carbocycles. The first-order valence-electron chi connectivity index (χ1n) is 8.39. The van der Waals surface area contributed by atoms with Crippen LogP contribution in [0.25, 0.3) is 0 Å². The van der Waals surface area contributed by atoms with Crippen LogP contribution in [-0.2, 0) is 15.6 Å². The lowest BCUT2D eigenvalue weighted by Gasteiger charge is -2.31. The van der Waals surface area contributed by atoms with E-state index < -0.39 is 10.8 Å². The molecule has 140 valence electrons. The van der Waals surface area contributed by atoms with Crippen molar-refractivity contribution in [3.63, 3.8) is 0 Å². The molecule has 0 aromatic heterocycles. The molecule has 0 spiro atoms. The highest BCUT2D eigenvalue weighted by Crippen LogP contribution is 2.31. The van der Waals surface area contributed by atoms with Crippen LogP contribution in [0.5, 0.6) is 11.5 Å². The summed E-state index contributed by atoms with van der Waals surface area (Å²) in [4.78, 5) is 14.8. The van der Waals surface area contributed by atoms with Crippen LogP contribution in [0.4, 0.5) is 0 Å². The van der Waals surface area contributed by atoms with Gasteiger partial charge in [-0.2, -0.15) is 0 Å². The van der Waals surface area contributed by atoms with Crippen molar-refractivity contribution in [2.75, 3.05) is 39.1 Å². The van der Waals surface area contributed by atoms with Gasteiger partial charge in [0.2, 0.25) is 5.91 Å². The smallest absolute Gasteiger partial charge is 0.223 e. The largest absolute Gasteiger partial charge is 0.486 e. The molecule has 6 nitrogen and oxygen atoms in total. The van der Waals surface area contributed by atoms with Crippen LogP contribution in [0.15, 0.2) is 23.1 Å². The van der Waals surface area contributed by atoms with E-state index in [1.54, 1.807) is 18.2 Å². The summed E-state index contributed by atoms with van der Waals surface area (Å²) in [6.45, 7) is 2.94. The van der Waals surface area contributed by atoms with E-state index in [0.717, 1.165) is 25.9 Å². The second-order valence-electron chi connectivity index (χ2n) is 6.09. The van der Waals surface area contributed by atoms with Gasteiger partial charge in [0.15, 0.2) is 11.5 Å². The van der Waals surface area contributed by atoms with Crippen LogP contribution >= 0.6 is 12.4 Å². The zero-order valence-corrected chi connectivity index (χ0v) is 16.0. The number of carbonyl (C=O) groups excluding carboxylic acids is 1. The third-order valence-corrected chi connectivity index (χ3v) is 5.88. The SMILES string of the molecule is CN(C(=O)CCS(=O)c1ccc2c(c1)OCCO2)C1CCNCC1.Cl. The summed E-state index contributed by atoms with van der Waals surface area (Å²) in [7, 11) is 0.634. The van der Waals surface area contributed by atoms with Crippen LogP contribution in [-0.4, -0.2) is 60.2 Å². The van der Waals surface area contributed by atoms with Gasteiger partial charge in [-0.3, -0.25) is 9.00 Å². The number of hydrogen-bond acceptors (Lipinski definition) is 5. The van der Waals surface area contributed by atoms with Crippen molar-refractivity contribution in [2.45, 2.75) is 30.2 Å². The summed E-state index contributed by atoms with van der Waals surface area (Å²) < 4.78 is 23.4. The first-order chi connectivity index (χ1) is 11.6. The Hall–Kier alpha value is -1.31. The number of carbonyl (C=O) groups is 1. The third kappa shape index (κ3) is 5.09. The quantitative estimate of drug-likeness (QED) is 0.829. The van der Waals surface area contributed by atoms with E-state index in [4.69, 9.17) is 9.47 Å². The molecule has 1 unspecified atom stereocenters. The minimum atomic E-state index is -1.22. The number of nitrogens with zero attached hydrogens (tertiary/aromatic N) is 1. The number of nitrogens with one attached hydrogen (secondary N) is 1. The van der Waals surface area contributed by atoms with Crippen molar-refractivity contribution >= 4 is 29.1 Å². The van der Waals surface area contributed by atoms with Crippen LogP contribution in [0, 0.1) is 0 Å². The van der Waals surface area contributed by atoms with Crippen molar-refractivity contribution in [1.82, 2.24) is 10.2 Å². The predicted octanol–water partition coefficient (Wildman–Crippen LogP) is 1.59. The van der Waals surface area contributed by atoms with E-state index in [0.29, 0.717) is 47.8 Å². The number of halogens is 1. The summed E-state index contributed by atoms with van der Waals surface area (Å²) in [5, 5.41) is 3.30. The first-order valence-corrected chi connectivity index (χ1v) is 9.71. The molecule has 2 aliphatic heterocycles. The average Bonchev–Trinajstić information content (AvgIpc) is 2.65. The Labute approximate surface area is 157 Å². The topological polar surface area (TPSA) is 67.9 Å². The standard InChI is InChI=1S/C17H24N2O4S.ClH/c1-19(13-4-7-18-8-5-13)17(20)6-11-24(21)14-2-3-15-16(12-14)23-10-9-22-15;/h2-3,12-13,18H,4-11H2,1H3;1H. The monoisotopic (exact) mass is 388 g/mol. The second kappa shape index (κ2) is 9.40. The Morgan fingerprint density at radius 2 is 1.92 bits per heavy atom. The normalized spacial score (nSPS) is 18.1. The van der Waals surface area contributed by atoms with Gasteiger partial charge in [-0.25, -0.2) is 0 Å². The minimum absolute atomic E-state index is 0. The molecule has 1 atom stereocenters. The maximum atomic E-state index is 12.5. The minimum Gasteiger partial charge on any atom is -0.486 e. The maximum absolute atomic E-state index is 12.5. The molecule has 2 heterocycles. The number of amides is 1. The molecule has 0 bridgehead atoms. The fraction of sp³-hybridized carbons (Fsp3) is 0.588. The third-order valence-electron chi connectivity index (χ3n) is 4.53. The van der Waals surface area contributed by atoms with E-state index >= 15 is 0 Å². The molecule has 1 aromatic rings. The molecule has 1 aromatic carbocycles. The van der Waals surface area contributed by atoms with Crippen molar-refractivity contribution < 1.29 is 18.5 Å². The van der Waals surface area contributed by atoms with E-state index in [9.17, 15) is 9.00 Å². The lowest BCUT2D eigenvalue weighted by atomic mass is 10.1. The number of piperidine rings is 1. The van der Waals surface area contributed by atoms with E-state index in [1.807, 2.05) is 11.9 Å². The molecule has 25 heavy (non-hydrogen) atoms. The fourth-order valence-electron chi connectivity index (χ4n) is 3.04. The van der Waals surface area contributed by atoms with Crippen LogP contribution in [0.3, 0.4) is 0 Å². The zero-order chi connectivity index (χ0) is 16.9. The molecule has 3 rings (SSSR count). The Bertz CT molecular complexity index is 623. The van der Waals surface area contributed by atoms with Gasteiger partial charge in [-0.1, -0.05) is 0 Å².